The van der Waals surface area contributed by atoms with Gasteiger partial charge in [0, 0.05) is 51.4 Å². The summed E-state index contributed by atoms with van der Waals surface area (Å²) < 4.78 is 24.0. The topological polar surface area (TPSA) is 101 Å². The smallest absolute Gasteiger partial charge is 0.323 e. The van der Waals surface area contributed by atoms with Crippen molar-refractivity contribution in [1.82, 2.24) is 19.6 Å². The van der Waals surface area contributed by atoms with Crippen LogP contribution in [0.25, 0.3) is 23.3 Å². The van der Waals surface area contributed by atoms with Gasteiger partial charge < -0.3 is 23.8 Å². The maximum absolute atomic E-state index is 13.5. The summed E-state index contributed by atoms with van der Waals surface area (Å²) >= 11 is 0. The number of rotatable bonds is 17. The molecule has 0 unspecified atom stereocenters. The third-order valence-electron chi connectivity index (χ3n) is 12.1. The standard InChI is InChI=1S/C56H82N4O7/c1-42-37-47(39-60-29-18-16-25-49(60)53(63)67-56(9,10)11)50(38-46(42)27-26-44-23-20-24-48(43(44)2)45-21-14-12-15-22-45)64-36-19-13-17-28-57-30-32-58(40-51(61)65-54(3,4)5)34-35-59(33-31-57)41-52(62)66-55(6,7)8/h12,14-15,20-24,26-27,37-38,49H,13,16-19,25,28-36,39-41H2,1-11H3/b27-26+/t49-/m0/s1. The Bertz CT molecular complexity index is 2060. The molecule has 2 aliphatic heterocycles. The number of piperidine rings is 1. The summed E-state index contributed by atoms with van der Waals surface area (Å²) in [5.74, 6) is 0.226. The number of hydrogen-bond acceptors (Lipinski definition) is 11. The van der Waals surface area contributed by atoms with E-state index in [1.54, 1.807) is 0 Å². The molecule has 11 heteroatoms. The molecular formula is C56H82N4O7. The molecule has 0 spiro atoms. The van der Waals surface area contributed by atoms with Crippen molar-refractivity contribution in [3.05, 3.63) is 88.5 Å². The van der Waals surface area contributed by atoms with Crippen LogP contribution >= 0.6 is 0 Å². The van der Waals surface area contributed by atoms with Gasteiger partial charge in [0.05, 0.1) is 19.7 Å². The van der Waals surface area contributed by atoms with E-state index in [1.165, 1.54) is 22.3 Å². The summed E-state index contributed by atoms with van der Waals surface area (Å²) in [6, 6.07) is 21.1. The van der Waals surface area contributed by atoms with Crippen LogP contribution in [0.1, 0.15) is 129 Å². The predicted molar refractivity (Wildman–Crippen MR) is 271 cm³/mol. The Kier molecular flexibility index (Phi) is 19.6. The second kappa shape index (κ2) is 24.6. The lowest BCUT2D eigenvalue weighted by atomic mass is 9.95. The van der Waals surface area contributed by atoms with Gasteiger partial charge in [-0.2, -0.15) is 0 Å². The Morgan fingerprint density at radius 1 is 0.627 bits per heavy atom. The van der Waals surface area contributed by atoms with Crippen molar-refractivity contribution < 1.29 is 33.3 Å². The zero-order valence-corrected chi connectivity index (χ0v) is 42.9. The van der Waals surface area contributed by atoms with Crippen molar-refractivity contribution in [3.8, 4) is 16.9 Å². The van der Waals surface area contributed by atoms with E-state index in [2.05, 4.69) is 100 Å². The highest BCUT2D eigenvalue weighted by Gasteiger charge is 2.33. The summed E-state index contributed by atoms with van der Waals surface area (Å²) in [6.07, 6.45) is 10.1. The van der Waals surface area contributed by atoms with E-state index in [0.29, 0.717) is 26.2 Å². The monoisotopic (exact) mass is 923 g/mol. The van der Waals surface area contributed by atoms with Crippen LogP contribution in [0.15, 0.2) is 60.7 Å². The molecule has 2 heterocycles. The normalized spacial score (nSPS) is 17.7. The molecule has 0 amide bonds. The number of carbonyl (C=O) groups excluding carboxylic acids is 3. The molecule has 2 fully saturated rings. The number of esters is 3. The van der Waals surface area contributed by atoms with E-state index in [1.807, 2.05) is 68.4 Å². The first-order valence-electron chi connectivity index (χ1n) is 24.8. The summed E-state index contributed by atoms with van der Waals surface area (Å²) in [6.45, 7) is 29.2. The third-order valence-corrected chi connectivity index (χ3v) is 12.1. The number of hydrogen-bond donors (Lipinski definition) is 0. The lowest BCUT2D eigenvalue weighted by molar-refractivity contribution is -0.163. The molecule has 67 heavy (non-hydrogen) atoms. The van der Waals surface area contributed by atoms with Crippen molar-refractivity contribution in [3.63, 3.8) is 0 Å². The van der Waals surface area contributed by atoms with Crippen LogP contribution in [0.5, 0.6) is 5.75 Å². The number of ether oxygens (including phenoxy) is 4. The summed E-state index contributed by atoms with van der Waals surface area (Å²) in [5, 5.41) is 0. The predicted octanol–water partition coefficient (Wildman–Crippen LogP) is 9.99. The summed E-state index contributed by atoms with van der Waals surface area (Å²) in [7, 11) is 0. The molecule has 0 aliphatic carbocycles. The quantitative estimate of drug-likeness (QED) is 0.0560. The van der Waals surface area contributed by atoms with Crippen LogP contribution in [0, 0.1) is 13.8 Å². The second-order valence-corrected chi connectivity index (χ2v) is 21.5. The van der Waals surface area contributed by atoms with Gasteiger partial charge in [0.15, 0.2) is 0 Å². The van der Waals surface area contributed by atoms with Crippen LogP contribution in [-0.4, -0.2) is 132 Å². The van der Waals surface area contributed by atoms with Gasteiger partial charge in [0.1, 0.15) is 28.6 Å². The fourth-order valence-electron chi connectivity index (χ4n) is 8.81. The maximum Gasteiger partial charge on any atom is 0.323 e. The molecule has 11 nitrogen and oxygen atoms in total. The number of unbranched alkanes of at least 4 members (excludes halogenated alkanes) is 2. The highest BCUT2D eigenvalue weighted by Crippen LogP contribution is 2.32. The largest absolute Gasteiger partial charge is 0.493 e. The van der Waals surface area contributed by atoms with Crippen molar-refractivity contribution >= 4 is 30.1 Å². The molecular weight excluding hydrogens is 841 g/mol. The summed E-state index contributed by atoms with van der Waals surface area (Å²) in [4.78, 5) is 48.3. The fraction of sp³-hybridized carbons (Fsp3) is 0.589. The number of likely N-dealkylation sites (tertiary alicyclic amines) is 1. The van der Waals surface area contributed by atoms with Gasteiger partial charge in [0.2, 0.25) is 0 Å². The first-order valence-corrected chi connectivity index (χ1v) is 24.8. The maximum atomic E-state index is 13.5. The Hall–Kier alpha value is -4.55. The van der Waals surface area contributed by atoms with Gasteiger partial charge in [0.25, 0.3) is 0 Å². The molecule has 2 saturated heterocycles. The average Bonchev–Trinajstić information content (AvgIpc) is 3.32. The van der Waals surface area contributed by atoms with Crippen LogP contribution in [0.4, 0.5) is 0 Å². The van der Waals surface area contributed by atoms with Gasteiger partial charge in [-0.3, -0.25) is 29.1 Å². The van der Waals surface area contributed by atoms with Gasteiger partial charge in [-0.05, 0) is 161 Å². The molecule has 0 saturated carbocycles. The zero-order valence-electron chi connectivity index (χ0n) is 42.9. The summed E-state index contributed by atoms with van der Waals surface area (Å²) in [5.41, 5.74) is 6.51. The number of benzene rings is 3. The molecule has 2 aliphatic rings. The Balaban J connectivity index is 1.27. The van der Waals surface area contributed by atoms with E-state index in [-0.39, 0.29) is 37.0 Å². The molecule has 3 aromatic rings. The van der Waals surface area contributed by atoms with Crippen molar-refractivity contribution in [2.45, 2.75) is 144 Å². The van der Waals surface area contributed by atoms with Crippen molar-refractivity contribution in [2.24, 2.45) is 0 Å². The second-order valence-electron chi connectivity index (χ2n) is 21.5. The van der Waals surface area contributed by atoms with Crippen molar-refractivity contribution in [2.75, 3.05) is 72.1 Å². The van der Waals surface area contributed by atoms with Gasteiger partial charge >= 0.3 is 17.9 Å². The fourth-order valence-corrected chi connectivity index (χ4v) is 8.81. The lowest BCUT2D eigenvalue weighted by Crippen LogP contribution is -2.46. The molecule has 0 aromatic heterocycles. The van der Waals surface area contributed by atoms with E-state index < -0.39 is 16.8 Å². The number of nitrogens with zero attached hydrogens (tertiary/aromatic N) is 4. The zero-order chi connectivity index (χ0) is 48.8. The first-order chi connectivity index (χ1) is 31.6. The molecule has 368 valence electrons. The van der Waals surface area contributed by atoms with E-state index in [9.17, 15) is 14.4 Å². The van der Waals surface area contributed by atoms with Gasteiger partial charge in [-0.1, -0.05) is 73.2 Å². The average molecular weight is 923 g/mol. The molecule has 3 aromatic carbocycles. The molecule has 0 N–H and O–H groups in total. The first kappa shape index (κ1) is 53.4. The van der Waals surface area contributed by atoms with Crippen molar-refractivity contribution in [1.29, 1.82) is 0 Å². The lowest BCUT2D eigenvalue weighted by Gasteiger charge is -2.36. The molecule has 0 radical (unpaired) electrons. The van der Waals surface area contributed by atoms with Gasteiger partial charge in [-0.15, -0.1) is 0 Å². The molecule has 0 bridgehead atoms. The molecule has 5 rings (SSSR count). The Morgan fingerprint density at radius 3 is 1.81 bits per heavy atom. The minimum absolute atomic E-state index is 0.152. The van der Waals surface area contributed by atoms with Crippen LogP contribution < -0.4 is 4.74 Å². The highest BCUT2D eigenvalue weighted by atomic mass is 16.6. The highest BCUT2D eigenvalue weighted by molar-refractivity contribution is 5.79. The van der Waals surface area contributed by atoms with E-state index in [4.69, 9.17) is 18.9 Å². The van der Waals surface area contributed by atoms with E-state index in [0.717, 1.165) is 100 Å². The Labute approximate surface area is 403 Å². The van der Waals surface area contributed by atoms with Gasteiger partial charge in [-0.25, -0.2) is 0 Å². The van der Waals surface area contributed by atoms with Crippen LogP contribution in [0.2, 0.25) is 0 Å². The third kappa shape index (κ3) is 18.5. The minimum atomic E-state index is -0.553. The van der Waals surface area contributed by atoms with Crippen LogP contribution in [0.3, 0.4) is 0 Å². The number of aryl methyl sites for hydroxylation is 1. The minimum Gasteiger partial charge on any atom is -0.493 e. The SMILES string of the molecule is Cc1cc(CN2CCCC[C@H]2C(=O)OC(C)(C)C)c(OCCCCCN2CCN(CC(=O)OC(C)(C)C)CCN(CC(=O)OC(C)(C)C)CC2)cc1/C=C/c1cccc(-c2ccccc2)c1C. The van der Waals surface area contributed by atoms with E-state index >= 15 is 0 Å². The van der Waals surface area contributed by atoms with Crippen LogP contribution in [-0.2, 0) is 35.1 Å². The molecule has 1 atom stereocenters. The Morgan fingerprint density at radius 2 is 1.21 bits per heavy atom. The number of carbonyl (C=O) groups is 3.